The van der Waals surface area contributed by atoms with Crippen LogP contribution in [-0.2, 0) is 12.0 Å². The van der Waals surface area contributed by atoms with Gasteiger partial charge in [-0.25, -0.2) is 0 Å². The minimum absolute atomic E-state index is 0.151. The second kappa shape index (κ2) is 4.06. The molecule has 2 nitrogen and oxygen atoms in total. The molecule has 0 radical (unpaired) electrons. The van der Waals surface area contributed by atoms with Crippen LogP contribution in [0.3, 0.4) is 0 Å². The molecule has 2 rings (SSSR count). The smallest absolute Gasteiger partial charge is 0.103 e. The lowest BCUT2D eigenvalue weighted by Gasteiger charge is -2.19. The number of aromatic nitrogens is 2. The molecule has 3 heteroatoms. The first-order valence-electron chi connectivity index (χ1n) is 5.64. The first kappa shape index (κ1) is 11.4. The third-order valence-corrected chi connectivity index (χ3v) is 3.51. The summed E-state index contributed by atoms with van der Waals surface area (Å²) < 4.78 is 2.11. The Balaban J connectivity index is 2.48. The lowest BCUT2D eigenvalue weighted by Crippen LogP contribution is -2.17. The highest BCUT2D eigenvalue weighted by Gasteiger charge is 2.20. The minimum Gasteiger partial charge on any atom is -0.269 e. The van der Waals surface area contributed by atoms with Gasteiger partial charge >= 0.3 is 0 Å². The van der Waals surface area contributed by atoms with Crippen LogP contribution in [0.5, 0.6) is 0 Å². The van der Waals surface area contributed by atoms with Crippen LogP contribution in [0, 0.1) is 0 Å². The molecule has 0 N–H and O–H groups in total. The SMILES string of the molecule is CCn1nc(-c2cccs2)cc1C(C)(C)C. The van der Waals surface area contributed by atoms with Gasteiger partial charge in [0.2, 0.25) is 0 Å². The number of nitrogens with zero attached hydrogens (tertiary/aromatic N) is 2. The Hall–Kier alpha value is -1.09. The van der Waals surface area contributed by atoms with Crippen molar-refractivity contribution in [2.45, 2.75) is 39.7 Å². The summed E-state index contributed by atoms with van der Waals surface area (Å²) in [5, 5.41) is 6.76. The van der Waals surface area contributed by atoms with Gasteiger partial charge < -0.3 is 0 Å². The van der Waals surface area contributed by atoms with Crippen molar-refractivity contribution in [2.24, 2.45) is 0 Å². The molecule has 0 bridgehead atoms. The van der Waals surface area contributed by atoms with Crippen LogP contribution >= 0.6 is 11.3 Å². The number of aryl methyl sites for hydroxylation is 1. The Kier molecular flexibility index (Phi) is 2.89. The van der Waals surface area contributed by atoms with Gasteiger partial charge in [0.05, 0.1) is 4.88 Å². The van der Waals surface area contributed by atoms with Crippen molar-refractivity contribution in [1.29, 1.82) is 0 Å². The van der Waals surface area contributed by atoms with Crippen molar-refractivity contribution < 1.29 is 0 Å². The van der Waals surface area contributed by atoms with Gasteiger partial charge in [0, 0.05) is 17.7 Å². The molecule has 0 spiro atoms. The Morgan fingerprint density at radius 2 is 2.12 bits per heavy atom. The molecule has 2 aromatic heterocycles. The molecule has 0 saturated carbocycles. The van der Waals surface area contributed by atoms with Gasteiger partial charge in [0.25, 0.3) is 0 Å². The zero-order chi connectivity index (χ0) is 11.8. The maximum Gasteiger partial charge on any atom is 0.103 e. The summed E-state index contributed by atoms with van der Waals surface area (Å²) >= 11 is 1.74. The zero-order valence-corrected chi connectivity index (χ0v) is 11.1. The number of thiophene rings is 1. The lowest BCUT2D eigenvalue weighted by molar-refractivity contribution is 0.498. The number of rotatable bonds is 2. The van der Waals surface area contributed by atoms with Crippen LogP contribution in [0.1, 0.15) is 33.4 Å². The van der Waals surface area contributed by atoms with E-state index in [0.29, 0.717) is 0 Å². The molecule has 0 aromatic carbocycles. The third-order valence-electron chi connectivity index (χ3n) is 2.62. The lowest BCUT2D eigenvalue weighted by atomic mass is 9.92. The van der Waals surface area contributed by atoms with Gasteiger partial charge in [-0.15, -0.1) is 11.3 Å². The first-order chi connectivity index (χ1) is 7.52. The normalized spacial score (nSPS) is 12.0. The molecule has 0 atom stereocenters. The van der Waals surface area contributed by atoms with Crippen LogP contribution in [0.15, 0.2) is 23.6 Å². The molecule has 0 unspecified atom stereocenters. The third kappa shape index (κ3) is 2.05. The van der Waals surface area contributed by atoms with Crippen molar-refractivity contribution >= 4 is 11.3 Å². The molecular formula is C13H18N2S. The maximum absolute atomic E-state index is 4.66. The van der Waals surface area contributed by atoms with Crippen LogP contribution in [0.2, 0.25) is 0 Å². The van der Waals surface area contributed by atoms with Crippen molar-refractivity contribution in [1.82, 2.24) is 9.78 Å². The van der Waals surface area contributed by atoms with Crippen LogP contribution in [0.4, 0.5) is 0 Å². The summed E-state index contributed by atoms with van der Waals surface area (Å²) in [6.07, 6.45) is 0. The largest absolute Gasteiger partial charge is 0.269 e. The minimum atomic E-state index is 0.151. The van der Waals surface area contributed by atoms with E-state index in [1.807, 2.05) is 0 Å². The van der Waals surface area contributed by atoms with Crippen molar-refractivity contribution in [3.63, 3.8) is 0 Å². The molecule has 0 amide bonds. The average molecular weight is 234 g/mol. The summed E-state index contributed by atoms with van der Waals surface area (Å²) in [5.41, 5.74) is 2.55. The summed E-state index contributed by atoms with van der Waals surface area (Å²) in [6.45, 7) is 9.76. The molecule has 16 heavy (non-hydrogen) atoms. The van der Waals surface area contributed by atoms with Gasteiger partial charge in [-0.1, -0.05) is 26.8 Å². The molecule has 0 aliphatic carbocycles. The van der Waals surface area contributed by atoms with Crippen LogP contribution < -0.4 is 0 Å². The van der Waals surface area contributed by atoms with E-state index in [4.69, 9.17) is 0 Å². The fourth-order valence-corrected chi connectivity index (χ4v) is 2.49. The molecule has 86 valence electrons. The number of hydrogen-bond donors (Lipinski definition) is 0. The highest BCUT2D eigenvalue weighted by Crippen LogP contribution is 2.29. The first-order valence-corrected chi connectivity index (χ1v) is 6.52. The van der Waals surface area contributed by atoms with Gasteiger partial charge in [0.15, 0.2) is 0 Å². The van der Waals surface area contributed by atoms with E-state index in [1.54, 1.807) is 11.3 Å². The summed E-state index contributed by atoms with van der Waals surface area (Å²) in [4.78, 5) is 1.25. The second-order valence-corrected chi connectivity index (χ2v) is 5.91. The van der Waals surface area contributed by atoms with Crippen molar-refractivity contribution in [3.05, 3.63) is 29.3 Å². The van der Waals surface area contributed by atoms with Crippen LogP contribution in [0.25, 0.3) is 10.6 Å². The highest BCUT2D eigenvalue weighted by atomic mass is 32.1. The topological polar surface area (TPSA) is 17.8 Å². The van der Waals surface area contributed by atoms with E-state index < -0.39 is 0 Å². The quantitative estimate of drug-likeness (QED) is 0.770. The van der Waals surface area contributed by atoms with Gasteiger partial charge in [-0.05, 0) is 24.4 Å². The Morgan fingerprint density at radius 3 is 2.56 bits per heavy atom. The maximum atomic E-state index is 4.66. The fourth-order valence-electron chi connectivity index (χ4n) is 1.81. The molecule has 0 fully saturated rings. The standard InChI is InChI=1S/C13H18N2S/c1-5-15-12(13(2,3)4)9-10(14-15)11-7-6-8-16-11/h6-9H,5H2,1-4H3. The summed E-state index contributed by atoms with van der Waals surface area (Å²) in [5.74, 6) is 0. The predicted octanol–water partition coefficient (Wildman–Crippen LogP) is 3.93. The predicted molar refractivity (Wildman–Crippen MR) is 69.9 cm³/mol. The molecule has 2 heterocycles. The molecular weight excluding hydrogens is 216 g/mol. The van der Waals surface area contributed by atoms with E-state index >= 15 is 0 Å². The van der Waals surface area contributed by atoms with Crippen LogP contribution in [-0.4, -0.2) is 9.78 Å². The molecule has 0 aliphatic rings. The Labute approximate surface area is 101 Å². The highest BCUT2D eigenvalue weighted by molar-refractivity contribution is 7.13. The zero-order valence-electron chi connectivity index (χ0n) is 10.3. The van der Waals surface area contributed by atoms with E-state index in [0.717, 1.165) is 12.2 Å². The second-order valence-electron chi connectivity index (χ2n) is 4.96. The van der Waals surface area contributed by atoms with Gasteiger partial charge in [0.1, 0.15) is 5.69 Å². The van der Waals surface area contributed by atoms with Gasteiger partial charge in [-0.2, -0.15) is 5.10 Å². The number of hydrogen-bond acceptors (Lipinski definition) is 2. The van der Waals surface area contributed by atoms with Crippen molar-refractivity contribution in [2.75, 3.05) is 0 Å². The van der Waals surface area contributed by atoms with E-state index in [-0.39, 0.29) is 5.41 Å². The van der Waals surface area contributed by atoms with E-state index in [1.165, 1.54) is 10.6 Å². The average Bonchev–Trinajstić information content (AvgIpc) is 2.85. The van der Waals surface area contributed by atoms with Crippen molar-refractivity contribution in [3.8, 4) is 10.6 Å². The van der Waals surface area contributed by atoms with Gasteiger partial charge in [-0.3, -0.25) is 4.68 Å². The summed E-state index contributed by atoms with van der Waals surface area (Å²) in [6, 6.07) is 6.41. The van der Waals surface area contributed by atoms with E-state index in [2.05, 4.69) is 61.1 Å². The molecule has 2 aromatic rings. The monoisotopic (exact) mass is 234 g/mol. The Bertz CT molecular complexity index is 461. The summed E-state index contributed by atoms with van der Waals surface area (Å²) in [7, 11) is 0. The molecule has 0 saturated heterocycles. The fraction of sp³-hybridized carbons (Fsp3) is 0.462. The van der Waals surface area contributed by atoms with E-state index in [9.17, 15) is 0 Å². The molecule has 0 aliphatic heterocycles. The Morgan fingerprint density at radius 1 is 1.38 bits per heavy atom.